The third kappa shape index (κ3) is 5.40. The highest BCUT2D eigenvalue weighted by Gasteiger charge is 2.27. The summed E-state index contributed by atoms with van der Waals surface area (Å²) >= 11 is 0. The second kappa shape index (κ2) is 8.69. The molecule has 0 radical (unpaired) electrons. The van der Waals surface area contributed by atoms with Gasteiger partial charge in [0.2, 0.25) is 10.0 Å². The van der Waals surface area contributed by atoms with Crippen LogP contribution in [-0.4, -0.2) is 74.3 Å². The molecule has 1 heterocycles. The maximum atomic E-state index is 12.2. The molecule has 0 aromatic rings. The molecule has 0 aromatic carbocycles. The van der Waals surface area contributed by atoms with E-state index in [9.17, 15) is 13.2 Å². The fourth-order valence-electron chi connectivity index (χ4n) is 2.58. The van der Waals surface area contributed by atoms with E-state index in [1.807, 2.05) is 13.8 Å². The summed E-state index contributed by atoms with van der Waals surface area (Å²) in [6.45, 7) is 9.68. The van der Waals surface area contributed by atoms with Gasteiger partial charge >= 0.3 is 6.03 Å². The van der Waals surface area contributed by atoms with Gasteiger partial charge < -0.3 is 15.0 Å². The summed E-state index contributed by atoms with van der Waals surface area (Å²) in [4.78, 5) is 13.9. The highest BCUT2D eigenvalue weighted by molar-refractivity contribution is 7.89. The fraction of sp³-hybridized carbons (Fsp3) is 0.929. The molecule has 0 spiro atoms. The number of rotatable bonds is 7. The van der Waals surface area contributed by atoms with Crippen LogP contribution in [0.3, 0.4) is 0 Å². The zero-order chi connectivity index (χ0) is 16.8. The molecular weight excluding hydrogens is 306 g/mol. The first kappa shape index (κ1) is 19.2. The van der Waals surface area contributed by atoms with E-state index in [-0.39, 0.29) is 30.5 Å². The van der Waals surface area contributed by atoms with Crippen molar-refractivity contribution < 1.29 is 17.9 Å². The van der Waals surface area contributed by atoms with Crippen molar-refractivity contribution in [3.63, 3.8) is 0 Å². The molecule has 0 saturated carbocycles. The van der Waals surface area contributed by atoms with E-state index in [1.165, 1.54) is 4.31 Å². The van der Waals surface area contributed by atoms with E-state index in [4.69, 9.17) is 4.74 Å². The number of amides is 2. The summed E-state index contributed by atoms with van der Waals surface area (Å²) in [5.74, 6) is -0.0719. The molecule has 2 unspecified atom stereocenters. The smallest absolute Gasteiger partial charge is 0.317 e. The molecule has 1 saturated heterocycles. The Balaban J connectivity index is 2.46. The molecule has 1 aliphatic heterocycles. The molecule has 8 heteroatoms. The Kier molecular flexibility index (Phi) is 7.58. The molecule has 2 atom stereocenters. The van der Waals surface area contributed by atoms with Crippen molar-refractivity contribution in [1.82, 2.24) is 14.5 Å². The number of sulfonamides is 1. The molecule has 7 nitrogen and oxygen atoms in total. The third-order valence-electron chi connectivity index (χ3n) is 3.80. The largest absolute Gasteiger partial charge is 0.372 e. The van der Waals surface area contributed by atoms with Gasteiger partial charge in [-0.15, -0.1) is 0 Å². The zero-order valence-electron chi connectivity index (χ0n) is 14.0. The summed E-state index contributed by atoms with van der Waals surface area (Å²) in [7, 11) is -3.30. The Labute approximate surface area is 134 Å². The lowest BCUT2D eigenvalue weighted by Crippen LogP contribution is -2.53. The number of ether oxygens (including phenoxy) is 1. The lowest BCUT2D eigenvalue weighted by molar-refractivity contribution is -0.0645. The van der Waals surface area contributed by atoms with Gasteiger partial charge in [-0.05, 0) is 13.3 Å². The Hall–Kier alpha value is -0.860. The van der Waals surface area contributed by atoms with E-state index in [0.717, 1.165) is 6.42 Å². The monoisotopic (exact) mass is 335 g/mol. The maximum absolute atomic E-state index is 12.2. The number of nitrogens with zero attached hydrogens (tertiary/aromatic N) is 2. The van der Waals surface area contributed by atoms with Gasteiger partial charge in [-0.3, -0.25) is 0 Å². The van der Waals surface area contributed by atoms with E-state index < -0.39 is 10.0 Å². The Bertz CT molecular complexity index is 451. The van der Waals surface area contributed by atoms with Crippen molar-refractivity contribution in [1.29, 1.82) is 0 Å². The van der Waals surface area contributed by atoms with E-state index in [0.29, 0.717) is 26.2 Å². The zero-order valence-corrected chi connectivity index (χ0v) is 14.9. The van der Waals surface area contributed by atoms with E-state index >= 15 is 0 Å². The summed E-state index contributed by atoms with van der Waals surface area (Å²) in [5, 5.41) is 2.70. The Morgan fingerprint density at radius 3 is 2.45 bits per heavy atom. The highest BCUT2D eigenvalue weighted by Crippen LogP contribution is 2.13. The van der Waals surface area contributed by atoms with Crippen LogP contribution in [0.2, 0.25) is 0 Å². The van der Waals surface area contributed by atoms with Gasteiger partial charge in [0.1, 0.15) is 0 Å². The highest BCUT2D eigenvalue weighted by atomic mass is 32.2. The summed E-state index contributed by atoms with van der Waals surface area (Å²) in [5.41, 5.74) is 0. The van der Waals surface area contributed by atoms with Crippen LogP contribution in [0.15, 0.2) is 0 Å². The number of hydrogen-bond acceptors (Lipinski definition) is 4. The predicted octanol–water partition coefficient (Wildman–Crippen LogP) is 0.867. The number of morpholine rings is 1. The van der Waals surface area contributed by atoms with Gasteiger partial charge in [-0.1, -0.05) is 20.8 Å². The van der Waals surface area contributed by atoms with Crippen LogP contribution in [-0.2, 0) is 14.8 Å². The van der Waals surface area contributed by atoms with Crippen LogP contribution >= 0.6 is 0 Å². The molecule has 0 bridgehead atoms. The molecule has 1 fully saturated rings. The predicted molar refractivity (Wildman–Crippen MR) is 86.3 cm³/mol. The molecule has 1 aliphatic rings. The minimum Gasteiger partial charge on any atom is -0.372 e. The van der Waals surface area contributed by atoms with Crippen LogP contribution in [0.4, 0.5) is 4.79 Å². The summed E-state index contributed by atoms with van der Waals surface area (Å²) in [6, 6.07) is -0.219. The number of carbonyl (C=O) groups excluding carboxylic acids is 1. The minimum absolute atomic E-state index is 0.00357. The Morgan fingerprint density at radius 2 is 1.91 bits per heavy atom. The summed E-state index contributed by atoms with van der Waals surface area (Å²) in [6.07, 6.45) is 0.905. The first-order valence-corrected chi connectivity index (χ1v) is 9.60. The van der Waals surface area contributed by atoms with Crippen molar-refractivity contribution in [2.24, 2.45) is 0 Å². The number of urea groups is 1. The first-order chi connectivity index (χ1) is 10.3. The van der Waals surface area contributed by atoms with Crippen LogP contribution in [0.1, 0.15) is 34.1 Å². The second-order valence-corrected chi connectivity index (χ2v) is 7.60. The fourth-order valence-corrected chi connectivity index (χ4v) is 3.99. The van der Waals surface area contributed by atoms with Crippen molar-refractivity contribution in [2.75, 3.05) is 38.5 Å². The lowest BCUT2D eigenvalue weighted by Gasteiger charge is -2.36. The second-order valence-electron chi connectivity index (χ2n) is 5.51. The van der Waals surface area contributed by atoms with Crippen molar-refractivity contribution >= 4 is 16.1 Å². The maximum Gasteiger partial charge on any atom is 0.317 e. The van der Waals surface area contributed by atoms with Crippen LogP contribution < -0.4 is 5.32 Å². The van der Waals surface area contributed by atoms with Gasteiger partial charge in [0.25, 0.3) is 0 Å². The van der Waals surface area contributed by atoms with Gasteiger partial charge in [0.05, 0.1) is 18.0 Å². The third-order valence-corrected chi connectivity index (χ3v) is 5.83. The topological polar surface area (TPSA) is 79.0 Å². The molecule has 1 N–H and O–H groups in total. The number of carbonyl (C=O) groups is 1. The van der Waals surface area contributed by atoms with Gasteiger partial charge in [-0.25, -0.2) is 17.5 Å². The van der Waals surface area contributed by atoms with E-state index in [2.05, 4.69) is 5.32 Å². The van der Waals surface area contributed by atoms with Crippen molar-refractivity contribution in [3.8, 4) is 0 Å². The van der Waals surface area contributed by atoms with Crippen LogP contribution in [0.25, 0.3) is 0 Å². The molecule has 130 valence electrons. The summed E-state index contributed by atoms with van der Waals surface area (Å²) < 4.78 is 31.2. The van der Waals surface area contributed by atoms with E-state index in [1.54, 1.807) is 18.7 Å². The molecule has 2 amide bonds. The molecular formula is C14H29N3O4S. The minimum atomic E-state index is -3.30. The lowest BCUT2D eigenvalue weighted by atomic mass is 10.2. The Morgan fingerprint density at radius 1 is 1.27 bits per heavy atom. The van der Waals surface area contributed by atoms with Crippen LogP contribution in [0, 0.1) is 0 Å². The molecule has 22 heavy (non-hydrogen) atoms. The number of nitrogens with one attached hydrogen (secondary N) is 1. The van der Waals surface area contributed by atoms with Gasteiger partial charge in [-0.2, -0.15) is 0 Å². The normalized spacial score (nSPS) is 22.9. The molecule has 0 aromatic heterocycles. The van der Waals surface area contributed by atoms with Gasteiger partial charge in [0.15, 0.2) is 0 Å². The van der Waals surface area contributed by atoms with Crippen molar-refractivity contribution in [3.05, 3.63) is 0 Å². The average molecular weight is 335 g/mol. The quantitative estimate of drug-likeness (QED) is 0.749. The standard InChI is InChI=1S/C14H29N3O4S/c1-5-13-11-16(10-12(4)21-13)14(18)15-8-9-22(19,20)17(6-2)7-3/h12-13H,5-11H2,1-4H3,(H,15,18). The molecule has 0 aliphatic carbocycles. The van der Waals surface area contributed by atoms with Crippen LogP contribution in [0.5, 0.6) is 0 Å². The number of hydrogen-bond donors (Lipinski definition) is 1. The SMILES string of the molecule is CCC1CN(C(=O)NCCS(=O)(=O)N(CC)CC)CC(C)O1. The van der Waals surface area contributed by atoms with Crippen molar-refractivity contribution in [2.45, 2.75) is 46.3 Å². The molecule has 1 rings (SSSR count). The van der Waals surface area contributed by atoms with Gasteiger partial charge in [0, 0.05) is 32.7 Å². The average Bonchev–Trinajstić information content (AvgIpc) is 2.47. The first-order valence-electron chi connectivity index (χ1n) is 8.00.